The third kappa shape index (κ3) is 2.54. The number of benzene rings is 1. The van der Waals surface area contributed by atoms with Crippen molar-refractivity contribution in [3.8, 4) is 0 Å². The van der Waals surface area contributed by atoms with Crippen LogP contribution in [0.15, 0.2) is 18.2 Å². The molecule has 1 N–H and O–H groups in total. The first-order valence-corrected chi connectivity index (χ1v) is 7.06. The molecule has 0 aromatic heterocycles. The summed E-state index contributed by atoms with van der Waals surface area (Å²) in [6.07, 6.45) is 0.500. The quantitative estimate of drug-likeness (QED) is 0.911. The van der Waals surface area contributed by atoms with Crippen LogP contribution in [0.2, 0.25) is 0 Å². The van der Waals surface area contributed by atoms with Crippen LogP contribution in [0.1, 0.15) is 12.0 Å². The zero-order chi connectivity index (χ0) is 14.1. The Bertz CT molecular complexity index is 509. The summed E-state index contributed by atoms with van der Waals surface area (Å²) in [5, 5.41) is 3.33. The van der Waals surface area contributed by atoms with E-state index in [0.29, 0.717) is 11.8 Å². The predicted octanol–water partition coefficient (Wildman–Crippen LogP) is 1.58. The molecular formula is C15H18F2N2O. The zero-order valence-electron chi connectivity index (χ0n) is 11.2. The largest absolute Gasteiger partial charge is 0.342 e. The number of carbonyl (C=O) groups excluding carboxylic acids is 1. The van der Waals surface area contributed by atoms with Gasteiger partial charge in [-0.25, -0.2) is 8.78 Å². The number of halogens is 2. The van der Waals surface area contributed by atoms with Gasteiger partial charge in [-0.3, -0.25) is 4.79 Å². The summed E-state index contributed by atoms with van der Waals surface area (Å²) in [4.78, 5) is 14.0. The van der Waals surface area contributed by atoms with Crippen molar-refractivity contribution in [1.29, 1.82) is 0 Å². The fourth-order valence-electron chi connectivity index (χ4n) is 3.20. The molecule has 3 rings (SSSR count). The van der Waals surface area contributed by atoms with E-state index in [-0.39, 0.29) is 24.3 Å². The van der Waals surface area contributed by atoms with Crippen molar-refractivity contribution in [3.05, 3.63) is 35.4 Å². The maximum Gasteiger partial charge on any atom is 0.222 e. The molecule has 5 heteroatoms. The molecule has 2 heterocycles. The maximum atomic E-state index is 13.5. The molecule has 2 aliphatic rings. The highest BCUT2D eigenvalue weighted by molar-refractivity contribution is 5.76. The Balaban J connectivity index is 1.56. The van der Waals surface area contributed by atoms with Crippen molar-refractivity contribution in [2.45, 2.75) is 12.8 Å². The van der Waals surface area contributed by atoms with Gasteiger partial charge in [0.1, 0.15) is 0 Å². The lowest BCUT2D eigenvalue weighted by molar-refractivity contribution is -0.130. The van der Waals surface area contributed by atoms with Gasteiger partial charge in [-0.1, -0.05) is 12.1 Å². The highest BCUT2D eigenvalue weighted by Crippen LogP contribution is 2.27. The molecule has 0 unspecified atom stereocenters. The summed E-state index contributed by atoms with van der Waals surface area (Å²) < 4.78 is 26.6. The summed E-state index contributed by atoms with van der Waals surface area (Å²) in [6, 6.07) is 4.10. The first-order chi connectivity index (χ1) is 9.65. The van der Waals surface area contributed by atoms with E-state index in [2.05, 4.69) is 5.32 Å². The van der Waals surface area contributed by atoms with Crippen molar-refractivity contribution in [1.82, 2.24) is 10.2 Å². The van der Waals surface area contributed by atoms with Crippen LogP contribution in [0.5, 0.6) is 0 Å². The van der Waals surface area contributed by atoms with Crippen LogP contribution in [0.25, 0.3) is 0 Å². The maximum absolute atomic E-state index is 13.5. The number of nitrogens with zero attached hydrogens (tertiary/aromatic N) is 1. The Morgan fingerprint density at radius 3 is 2.65 bits per heavy atom. The summed E-state index contributed by atoms with van der Waals surface area (Å²) in [5.41, 5.74) is 0.277. The number of hydrogen-bond donors (Lipinski definition) is 1. The first-order valence-electron chi connectivity index (χ1n) is 7.06. The molecule has 2 fully saturated rings. The molecule has 2 saturated heterocycles. The standard InChI is InChI=1S/C15H18F2N2O/c16-13-3-1-2-10(15(13)17)4-5-14(20)19-8-11-6-18-7-12(11)9-19/h1-3,11-12,18H,4-9H2/t11-,12+. The fraction of sp³-hybridized carbons (Fsp3) is 0.533. The van der Waals surface area contributed by atoms with Crippen LogP contribution in [-0.2, 0) is 11.2 Å². The summed E-state index contributed by atoms with van der Waals surface area (Å²) in [7, 11) is 0. The average Bonchev–Trinajstić information content (AvgIpc) is 3.01. The Kier molecular flexibility index (Phi) is 3.70. The van der Waals surface area contributed by atoms with E-state index in [1.807, 2.05) is 4.90 Å². The van der Waals surface area contributed by atoms with Gasteiger partial charge in [-0.2, -0.15) is 0 Å². The number of hydrogen-bond acceptors (Lipinski definition) is 2. The Hall–Kier alpha value is -1.49. The van der Waals surface area contributed by atoms with E-state index in [1.54, 1.807) is 0 Å². The Labute approximate surface area is 117 Å². The zero-order valence-corrected chi connectivity index (χ0v) is 11.2. The number of nitrogens with one attached hydrogen (secondary N) is 1. The number of likely N-dealkylation sites (tertiary alicyclic amines) is 1. The van der Waals surface area contributed by atoms with E-state index in [0.717, 1.165) is 32.2 Å². The monoisotopic (exact) mass is 280 g/mol. The topological polar surface area (TPSA) is 32.3 Å². The van der Waals surface area contributed by atoms with E-state index >= 15 is 0 Å². The van der Waals surface area contributed by atoms with Crippen LogP contribution in [-0.4, -0.2) is 37.0 Å². The molecule has 1 aromatic rings. The van der Waals surface area contributed by atoms with Gasteiger partial charge in [-0.15, -0.1) is 0 Å². The molecule has 1 aromatic carbocycles. The van der Waals surface area contributed by atoms with Crippen LogP contribution < -0.4 is 5.32 Å². The van der Waals surface area contributed by atoms with Crippen LogP contribution >= 0.6 is 0 Å². The fourth-order valence-corrected chi connectivity index (χ4v) is 3.20. The van der Waals surface area contributed by atoms with Gasteiger partial charge in [0.2, 0.25) is 5.91 Å². The average molecular weight is 280 g/mol. The molecule has 1 amide bonds. The molecule has 0 radical (unpaired) electrons. The number of rotatable bonds is 3. The lowest BCUT2D eigenvalue weighted by Crippen LogP contribution is -2.32. The minimum Gasteiger partial charge on any atom is -0.342 e. The number of amides is 1. The van der Waals surface area contributed by atoms with E-state index in [1.165, 1.54) is 12.1 Å². The van der Waals surface area contributed by atoms with Gasteiger partial charge in [0.25, 0.3) is 0 Å². The number of fused-ring (bicyclic) bond motifs is 1. The minimum absolute atomic E-state index is 0.0445. The van der Waals surface area contributed by atoms with E-state index < -0.39 is 11.6 Å². The van der Waals surface area contributed by atoms with Gasteiger partial charge >= 0.3 is 0 Å². The second-order valence-electron chi connectivity index (χ2n) is 5.69. The number of carbonyl (C=O) groups is 1. The summed E-state index contributed by atoms with van der Waals surface area (Å²) >= 11 is 0. The normalized spacial score (nSPS) is 25.0. The predicted molar refractivity (Wildman–Crippen MR) is 71.1 cm³/mol. The molecule has 0 saturated carbocycles. The highest BCUT2D eigenvalue weighted by atomic mass is 19.2. The number of aryl methyl sites for hydroxylation is 1. The summed E-state index contributed by atoms with van der Waals surface area (Å²) in [6.45, 7) is 3.55. The molecule has 0 bridgehead atoms. The second-order valence-corrected chi connectivity index (χ2v) is 5.69. The van der Waals surface area contributed by atoms with E-state index in [4.69, 9.17) is 0 Å². The third-order valence-corrected chi connectivity index (χ3v) is 4.38. The lowest BCUT2D eigenvalue weighted by Gasteiger charge is -2.17. The van der Waals surface area contributed by atoms with Gasteiger partial charge in [0.15, 0.2) is 11.6 Å². The molecule has 108 valence electrons. The molecule has 0 aliphatic carbocycles. The Morgan fingerprint density at radius 2 is 1.95 bits per heavy atom. The molecule has 0 spiro atoms. The van der Waals surface area contributed by atoms with E-state index in [9.17, 15) is 13.6 Å². The lowest BCUT2D eigenvalue weighted by atomic mass is 10.0. The van der Waals surface area contributed by atoms with Gasteiger partial charge in [0, 0.05) is 32.6 Å². The molecule has 2 aliphatic heterocycles. The highest BCUT2D eigenvalue weighted by Gasteiger charge is 2.37. The van der Waals surface area contributed by atoms with Gasteiger partial charge in [-0.05, 0) is 29.9 Å². The molecule has 20 heavy (non-hydrogen) atoms. The van der Waals surface area contributed by atoms with Crippen molar-refractivity contribution < 1.29 is 13.6 Å². The van der Waals surface area contributed by atoms with Crippen LogP contribution in [0, 0.1) is 23.5 Å². The van der Waals surface area contributed by atoms with Gasteiger partial charge < -0.3 is 10.2 Å². The second kappa shape index (κ2) is 5.48. The van der Waals surface area contributed by atoms with Crippen LogP contribution in [0.3, 0.4) is 0 Å². The Morgan fingerprint density at radius 1 is 1.25 bits per heavy atom. The van der Waals surface area contributed by atoms with Crippen LogP contribution in [0.4, 0.5) is 8.78 Å². The molecule has 3 nitrogen and oxygen atoms in total. The van der Waals surface area contributed by atoms with Crippen molar-refractivity contribution in [3.63, 3.8) is 0 Å². The van der Waals surface area contributed by atoms with Gasteiger partial charge in [0.05, 0.1) is 0 Å². The molecular weight excluding hydrogens is 262 g/mol. The minimum atomic E-state index is -0.850. The third-order valence-electron chi connectivity index (χ3n) is 4.38. The smallest absolute Gasteiger partial charge is 0.222 e. The van der Waals surface area contributed by atoms with Crippen molar-refractivity contribution in [2.75, 3.05) is 26.2 Å². The SMILES string of the molecule is O=C(CCc1cccc(F)c1F)N1C[C@H]2CNC[C@H]2C1. The van der Waals surface area contributed by atoms with Crippen molar-refractivity contribution in [2.24, 2.45) is 11.8 Å². The first kappa shape index (κ1) is 13.5. The molecule has 2 atom stereocenters. The van der Waals surface area contributed by atoms with Crippen molar-refractivity contribution >= 4 is 5.91 Å². The summed E-state index contributed by atoms with van der Waals surface area (Å²) in [5.74, 6) is -0.516.